The first-order valence-corrected chi connectivity index (χ1v) is 4.79. The summed E-state index contributed by atoms with van der Waals surface area (Å²) < 4.78 is 0. The number of hydrogen-bond donors (Lipinski definition) is 2. The van der Waals surface area contributed by atoms with E-state index in [1.54, 1.807) is 6.20 Å². The molecule has 2 N–H and O–H groups in total. The largest absolute Gasteiger partial charge is 0.314 e. The summed E-state index contributed by atoms with van der Waals surface area (Å²) in [5.74, 6) is 0. The zero-order valence-electron chi connectivity index (χ0n) is 7.26. The van der Waals surface area contributed by atoms with Crippen LogP contribution in [0.4, 0.5) is 0 Å². The average Bonchev–Trinajstić information content (AvgIpc) is 2.19. The molecule has 0 bridgehead atoms. The van der Waals surface area contributed by atoms with E-state index in [0.717, 1.165) is 19.6 Å². The van der Waals surface area contributed by atoms with Crippen LogP contribution < -0.4 is 10.6 Å². The molecule has 1 aliphatic heterocycles. The van der Waals surface area contributed by atoms with Crippen molar-refractivity contribution in [1.29, 1.82) is 0 Å². The van der Waals surface area contributed by atoms with Crippen LogP contribution in [-0.2, 0) is 0 Å². The van der Waals surface area contributed by atoms with Crippen molar-refractivity contribution >= 4 is 11.6 Å². The Labute approximate surface area is 82.5 Å². The zero-order chi connectivity index (χ0) is 9.10. The molecule has 3 nitrogen and oxygen atoms in total. The second kappa shape index (κ2) is 4.05. The minimum Gasteiger partial charge on any atom is -0.314 e. The molecule has 2 rings (SSSR count). The maximum absolute atomic E-state index is 5.80. The topological polar surface area (TPSA) is 37.0 Å². The molecule has 4 heteroatoms. The molecule has 0 spiro atoms. The molecular weight excluding hydrogens is 186 g/mol. The van der Waals surface area contributed by atoms with Gasteiger partial charge in [-0.1, -0.05) is 11.6 Å². The SMILES string of the molecule is Clc1cc([C@@H]2CNCCN2)ccn1. The maximum Gasteiger partial charge on any atom is 0.129 e. The molecule has 70 valence electrons. The Hall–Kier alpha value is -0.640. The predicted molar refractivity (Wildman–Crippen MR) is 52.9 cm³/mol. The van der Waals surface area contributed by atoms with Crippen LogP contribution in [0.3, 0.4) is 0 Å². The first-order valence-electron chi connectivity index (χ1n) is 4.42. The van der Waals surface area contributed by atoms with E-state index >= 15 is 0 Å². The average molecular weight is 198 g/mol. The lowest BCUT2D eigenvalue weighted by Crippen LogP contribution is -2.42. The summed E-state index contributed by atoms with van der Waals surface area (Å²) in [6.45, 7) is 3.00. The van der Waals surface area contributed by atoms with Crippen molar-refractivity contribution in [3.05, 3.63) is 29.0 Å². The fourth-order valence-electron chi connectivity index (χ4n) is 1.52. The fraction of sp³-hybridized carbons (Fsp3) is 0.444. The van der Waals surface area contributed by atoms with Crippen LogP contribution in [0.25, 0.3) is 0 Å². The Bertz CT molecular complexity index is 284. The number of piperazine rings is 1. The van der Waals surface area contributed by atoms with Crippen molar-refractivity contribution < 1.29 is 0 Å². The van der Waals surface area contributed by atoms with E-state index in [-0.39, 0.29) is 0 Å². The molecule has 2 heterocycles. The van der Waals surface area contributed by atoms with Crippen LogP contribution in [0.2, 0.25) is 5.15 Å². The lowest BCUT2D eigenvalue weighted by Gasteiger charge is -2.24. The maximum atomic E-state index is 5.80. The van der Waals surface area contributed by atoms with E-state index in [1.165, 1.54) is 5.56 Å². The molecule has 0 aliphatic carbocycles. The minimum atomic E-state index is 0.370. The van der Waals surface area contributed by atoms with Gasteiger partial charge in [-0.15, -0.1) is 0 Å². The van der Waals surface area contributed by atoms with Crippen LogP contribution in [-0.4, -0.2) is 24.6 Å². The Morgan fingerprint density at radius 3 is 3.08 bits per heavy atom. The van der Waals surface area contributed by atoms with Crippen molar-refractivity contribution in [3.63, 3.8) is 0 Å². The summed E-state index contributed by atoms with van der Waals surface area (Å²) in [6, 6.07) is 4.28. The molecular formula is C9H12ClN3. The molecule has 1 saturated heterocycles. The molecule has 1 aromatic heterocycles. The molecule has 0 amide bonds. The number of pyridine rings is 1. The van der Waals surface area contributed by atoms with Crippen molar-refractivity contribution in [2.45, 2.75) is 6.04 Å². The van der Waals surface area contributed by atoms with Gasteiger partial charge >= 0.3 is 0 Å². The summed E-state index contributed by atoms with van der Waals surface area (Å²) in [5, 5.41) is 7.30. The Morgan fingerprint density at radius 2 is 2.38 bits per heavy atom. The highest BCUT2D eigenvalue weighted by Gasteiger charge is 2.13. The van der Waals surface area contributed by atoms with Crippen LogP contribution in [0.15, 0.2) is 18.3 Å². The molecule has 1 fully saturated rings. The summed E-state index contributed by atoms with van der Waals surface area (Å²) in [7, 11) is 0. The van der Waals surface area contributed by atoms with Gasteiger partial charge in [-0.2, -0.15) is 0 Å². The Balaban J connectivity index is 2.14. The van der Waals surface area contributed by atoms with Crippen LogP contribution in [0, 0.1) is 0 Å². The van der Waals surface area contributed by atoms with Gasteiger partial charge in [-0.05, 0) is 17.7 Å². The number of nitrogens with zero attached hydrogens (tertiary/aromatic N) is 1. The highest BCUT2D eigenvalue weighted by atomic mass is 35.5. The van der Waals surface area contributed by atoms with Crippen LogP contribution in [0.1, 0.15) is 11.6 Å². The van der Waals surface area contributed by atoms with Gasteiger partial charge in [0, 0.05) is 31.9 Å². The third-order valence-corrected chi connectivity index (χ3v) is 2.40. The van der Waals surface area contributed by atoms with Crippen molar-refractivity contribution in [3.8, 4) is 0 Å². The molecule has 0 saturated carbocycles. The standard InChI is InChI=1S/C9H12ClN3/c10-9-5-7(1-2-13-9)8-6-11-3-4-12-8/h1-2,5,8,11-12H,3-4,6H2/t8-/m0/s1. The quantitative estimate of drug-likeness (QED) is 0.659. The Morgan fingerprint density at radius 1 is 1.46 bits per heavy atom. The van der Waals surface area contributed by atoms with E-state index in [0.29, 0.717) is 11.2 Å². The summed E-state index contributed by atoms with van der Waals surface area (Å²) in [6.07, 6.45) is 1.74. The second-order valence-corrected chi connectivity index (χ2v) is 3.51. The van der Waals surface area contributed by atoms with E-state index < -0.39 is 0 Å². The number of aromatic nitrogens is 1. The summed E-state index contributed by atoms with van der Waals surface area (Å²) in [4.78, 5) is 3.95. The third kappa shape index (κ3) is 2.18. The molecule has 1 aliphatic rings. The van der Waals surface area contributed by atoms with Gasteiger partial charge < -0.3 is 10.6 Å². The molecule has 0 aromatic carbocycles. The Kier molecular flexibility index (Phi) is 2.78. The number of hydrogen-bond acceptors (Lipinski definition) is 3. The van der Waals surface area contributed by atoms with Gasteiger partial charge in [0.1, 0.15) is 5.15 Å². The first-order chi connectivity index (χ1) is 6.36. The number of halogens is 1. The van der Waals surface area contributed by atoms with Gasteiger partial charge in [0.05, 0.1) is 0 Å². The van der Waals surface area contributed by atoms with E-state index in [4.69, 9.17) is 11.6 Å². The van der Waals surface area contributed by atoms with Gasteiger partial charge in [-0.25, -0.2) is 4.98 Å². The number of nitrogens with one attached hydrogen (secondary N) is 2. The van der Waals surface area contributed by atoms with Crippen LogP contribution >= 0.6 is 11.6 Å². The normalized spacial score (nSPS) is 23.0. The zero-order valence-corrected chi connectivity index (χ0v) is 8.01. The smallest absolute Gasteiger partial charge is 0.129 e. The fourth-order valence-corrected chi connectivity index (χ4v) is 1.71. The van der Waals surface area contributed by atoms with Crippen molar-refractivity contribution in [2.24, 2.45) is 0 Å². The van der Waals surface area contributed by atoms with Gasteiger partial charge in [0.15, 0.2) is 0 Å². The molecule has 0 unspecified atom stereocenters. The highest BCUT2D eigenvalue weighted by molar-refractivity contribution is 6.29. The lowest BCUT2D eigenvalue weighted by atomic mass is 10.1. The predicted octanol–water partition coefficient (Wildman–Crippen LogP) is 0.969. The lowest BCUT2D eigenvalue weighted by molar-refractivity contribution is 0.430. The minimum absolute atomic E-state index is 0.370. The monoisotopic (exact) mass is 197 g/mol. The van der Waals surface area contributed by atoms with E-state index in [1.807, 2.05) is 12.1 Å². The number of rotatable bonds is 1. The van der Waals surface area contributed by atoms with Crippen LogP contribution in [0.5, 0.6) is 0 Å². The van der Waals surface area contributed by atoms with Crippen molar-refractivity contribution in [1.82, 2.24) is 15.6 Å². The van der Waals surface area contributed by atoms with Gasteiger partial charge in [0.25, 0.3) is 0 Å². The van der Waals surface area contributed by atoms with E-state index in [9.17, 15) is 0 Å². The van der Waals surface area contributed by atoms with E-state index in [2.05, 4.69) is 15.6 Å². The third-order valence-electron chi connectivity index (χ3n) is 2.19. The molecule has 13 heavy (non-hydrogen) atoms. The van der Waals surface area contributed by atoms with Crippen molar-refractivity contribution in [2.75, 3.05) is 19.6 Å². The highest BCUT2D eigenvalue weighted by Crippen LogP contribution is 2.15. The second-order valence-electron chi connectivity index (χ2n) is 3.12. The summed E-state index contributed by atoms with van der Waals surface area (Å²) in [5.41, 5.74) is 1.20. The molecule has 1 atom stereocenters. The molecule has 0 radical (unpaired) electrons. The van der Waals surface area contributed by atoms with Gasteiger partial charge in [0.2, 0.25) is 0 Å². The van der Waals surface area contributed by atoms with Gasteiger partial charge in [-0.3, -0.25) is 0 Å². The first kappa shape index (κ1) is 8.94. The summed E-state index contributed by atoms with van der Waals surface area (Å²) >= 11 is 5.80. The molecule has 1 aromatic rings.